The quantitative estimate of drug-likeness (QED) is 0.577. The van der Waals surface area contributed by atoms with Gasteiger partial charge in [0.15, 0.2) is 0 Å². The molecule has 10 heavy (non-hydrogen) atoms. The molecule has 0 rings (SSSR count). The van der Waals surface area contributed by atoms with E-state index in [1.54, 1.807) is 0 Å². The minimum atomic E-state index is 0.942. The van der Waals surface area contributed by atoms with Gasteiger partial charge >= 0.3 is 0 Å². The van der Waals surface area contributed by atoms with E-state index in [1.807, 2.05) is 0 Å². The van der Waals surface area contributed by atoms with E-state index in [2.05, 4.69) is 29.8 Å². The average Bonchev–Trinajstić information content (AvgIpc) is 1.97. The molecule has 0 unspecified atom stereocenters. The molecular formula is C9H19Br. The van der Waals surface area contributed by atoms with Crippen LogP contribution in [0, 0.1) is 5.92 Å². The Balaban J connectivity index is 3.00. The van der Waals surface area contributed by atoms with Gasteiger partial charge in [0, 0.05) is 5.33 Å². The summed E-state index contributed by atoms with van der Waals surface area (Å²) >= 11 is 3.45. The van der Waals surface area contributed by atoms with Gasteiger partial charge in [0.25, 0.3) is 0 Å². The summed E-state index contributed by atoms with van der Waals surface area (Å²) in [6, 6.07) is 0. The van der Waals surface area contributed by atoms with Crippen LogP contribution in [0.1, 0.15) is 46.0 Å². The van der Waals surface area contributed by atoms with Gasteiger partial charge in [0.2, 0.25) is 0 Å². The number of hydrogen-bond acceptors (Lipinski definition) is 0. The van der Waals surface area contributed by atoms with E-state index >= 15 is 0 Å². The highest BCUT2D eigenvalue weighted by atomic mass is 79.9. The highest BCUT2D eigenvalue weighted by Crippen LogP contribution is 2.13. The van der Waals surface area contributed by atoms with E-state index < -0.39 is 0 Å². The fourth-order valence-electron chi connectivity index (χ4n) is 1.12. The summed E-state index contributed by atoms with van der Waals surface area (Å²) in [5, 5.41) is 1.17. The summed E-state index contributed by atoms with van der Waals surface area (Å²) in [6.07, 6.45) is 6.90. The summed E-state index contributed by atoms with van der Waals surface area (Å²) in [5.74, 6) is 0.942. The lowest BCUT2D eigenvalue weighted by molar-refractivity contribution is 0.468. The first-order chi connectivity index (χ1) is 4.81. The van der Waals surface area contributed by atoms with Crippen molar-refractivity contribution in [2.75, 3.05) is 5.33 Å². The Morgan fingerprint density at radius 2 is 1.80 bits per heavy atom. The van der Waals surface area contributed by atoms with E-state index in [9.17, 15) is 0 Å². The van der Waals surface area contributed by atoms with Gasteiger partial charge in [0.1, 0.15) is 0 Å². The Morgan fingerprint density at radius 1 is 1.20 bits per heavy atom. The summed E-state index contributed by atoms with van der Waals surface area (Å²) in [7, 11) is 0. The fourth-order valence-corrected chi connectivity index (χ4v) is 1.45. The van der Waals surface area contributed by atoms with Crippen LogP contribution in [0.15, 0.2) is 0 Å². The van der Waals surface area contributed by atoms with Crippen LogP contribution in [0.5, 0.6) is 0 Å². The van der Waals surface area contributed by atoms with Crippen molar-refractivity contribution in [3.05, 3.63) is 0 Å². The number of hydrogen-bond donors (Lipinski definition) is 0. The zero-order valence-electron chi connectivity index (χ0n) is 7.20. The van der Waals surface area contributed by atoms with Gasteiger partial charge < -0.3 is 0 Å². The molecule has 0 bridgehead atoms. The van der Waals surface area contributed by atoms with Gasteiger partial charge in [-0.05, 0) is 18.8 Å². The molecule has 0 amide bonds. The maximum atomic E-state index is 3.45. The third-order valence-corrected chi connectivity index (χ3v) is 2.44. The monoisotopic (exact) mass is 206 g/mol. The predicted octanol–water partition coefficient (Wildman–Crippen LogP) is 3.99. The van der Waals surface area contributed by atoms with Crippen molar-refractivity contribution in [1.82, 2.24) is 0 Å². The molecule has 0 fully saturated rings. The lowest BCUT2D eigenvalue weighted by atomic mass is 10.00. The Hall–Kier alpha value is 0.480. The molecule has 0 nitrogen and oxygen atoms in total. The van der Waals surface area contributed by atoms with Gasteiger partial charge in [-0.1, -0.05) is 49.0 Å². The third kappa shape index (κ3) is 6.60. The molecule has 0 aromatic heterocycles. The topological polar surface area (TPSA) is 0 Å². The molecule has 0 aliphatic rings. The van der Waals surface area contributed by atoms with Crippen LogP contribution in [0.25, 0.3) is 0 Å². The summed E-state index contributed by atoms with van der Waals surface area (Å²) in [5.41, 5.74) is 0. The van der Waals surface area contributed by atoms with Crippen molar-refractivity contribution >= 4 is 15.9 Å². The molecule has 1 atom stereocenters. The van der Waals surface area contributed by atoms with Crippen molar-refractivity contribution in [2.45, 2.75) is 46.0 Å². The van der Waals surface area contributed by atoms with Gasteiger partial charge in [0.05, 0.1) is 0 Å². The Morgan fingerprint density at radius 3 is 2.30 bits per heavy atom. The Kier molecular flexibility index (Phi) is 7.95. The summed E-state index contributed by atoms with van der Waals surface area (Å²) in [6.45, 7) is 4.62. The van der Waals surface area contributed by atoms with E-state index in [0.717, 1.165) is 5.92 Å². The largest absolute Gasteiger partial charge is 0.0928 e. The fraction of sp³-hybridized carbons (Fsp3) is 1.00. The number of halogens is 1. The van der Waals surface area contributed by atoms with Gasteiger partial charge in [-0.2, -0.15) is 0 Å². The maximum absolute atomic E-state index is 3.45. The van der Waals surface area contributed by atoms with Crippen molar-refractivity contribution in [1.29, 1.82) is 0 Å². The standard InChI is InChI=1S/C9H19Br/c1-3-4-6-9(2)7-5-8-10/h9H,3-8H2,1-2H3/t9-/m1/s1. The molecule has 0 N–H and O–H groups in total. The lowest BCUT2D eigenvalue weighted by Crippen LogP contribution is -1.94. The molecule has 0 saturated heterocycles. The molecule has 1 heteroatoms. The highest BCUT2D eigenvalue weighted by Gasteiger charge is 1.99. The van der Waals surface area contributed by atoms with Gasteiger partial charge in [-0.3, -0.25) is 0 Å². The second kappa shape index (κ2) is 7.59. The average molecular weight is 207 g/mol. The first kappa shape index (κ1) is 10.5. The molecule has 0 aromatic carbocycles. The second-order valence-corrected chi connectivity index (χ2v) is 3.87. The zero-order valence-corrected chi connectivity index (χ0v) is 8.78. The molecule has 0 heterocycles. The molecule has 0 aliphatic heterocycles. The zero-order chi connectivity index (χ0) is 7.82. The molecule has 0 aromatic rings. The van der Waals surface area contributed by atoms with Crippen LogP contribution in [-0.4, -0.2) is 5.33 Å². The lowest BCUT2D eigenvalue weighted by Gasteiger charge is -2.08. The Labute approximate surface area is 73.5 Å². The number of alkyl halides is 1. The van der Waals surface area contributed by atoms with Crippen LogP contribution in [-0.2, 0) is 0 Å². The highest BCUT2D eigenvalue weighted by molar-refractivity contribution is 9.09. The molecular weight excluding hydrogens is 188 g/mol. The van der Waals surface area contributed by atoms with Crippen LogP contribution in [0.3, 0.4) is 0 Å². The van der Waals surface area contributed by atoms with Gasteiger partial charge in [-0.15, -0.1) is 0 Å². The number of rotatable bonds is 6. The second-order valence-electron chi connectivity index (χ2n) is 3.08. The van der Waals surface area contributed by atoms with Crippen molar-refractivity contribution in [3.8, 4) is 0 Å². The molecule has 0 aliphatic carbocycles. The number of unbranched alkanes of at least 4 members (excludes halogenated alkanes) is 1. The van der Waals surface area contributed by atoms with Crippen molar-refractivity contribution < 1.29 is 0 Å². The van der Waals surface area contributed by atoms with Crippen LogP contribution >= 0.6 is 15.9 Å². The first-order valence-electron chi connectivity index (χ1n) is 4.37. The van der Waals surface area contributed by atoms with Crippen molar-refractivity contribution in [3.63, 3.8) is 0 Å². The van der Waals surface area contributed by atoms with Crippen LogP contribution in [0.2, 0.25) is 0 Å². The van der Waals surface area contributed by atoms with E-state index in [-0.39, 0.29) is 0 Å². The minimum Gasteiger partial charge on any atom is -0.0928 e. The maximum Gasteiger partial charge on any atom is 0.00314 e. The first-order valence-corrected chi connectivity index (χ1v) is 5.49. The SMILES string of the molecule is CCCC[C@@H](C)CCCBr. The minimum absolute atomic E-state index is 0.942. The predicted molar refractivity (Wildman–Crippen MR) is 51.7 cm³/mol. The summed E-state index contributed by atoms with van der Waals surface area (Å²) < 4.78 is 0. The van der Waals surface area contributed by atoms with Crippen LogP contribution in [0.4, 0.5) is 0 Å². The Bertz CT molecular complexity index is 53.7. The molecule has 0 spiro atoms. The van der Waals surface area contributed by atoms with Crippen LogP contribution < -0.4 is 0 Å². The normalized spacial score (nSPS) is 13.5. The smallest absolute Gasteiger partial charge is 0.00314 e. The van der Waals surface area contributed by atoms with Crippen molar-refractivity contribution in [2.24, 2.45) is 5.92 Å². The van der Waals surface area contributed by atoms with E-state index in [4.69, 9.17) is 0 Å². The summed E-state index contributed by atoms with van der Waals surface area (Å²) in [4.78, 5) is 0. The molecule has 0 saturated carbocycles. The molecule has 62 valence electrons. The van der Waals surface area contributed by atoms with Gasteiger partial charge in [-0.25, -0.2) is 0 Å². The molecule has 0 radical (unpaired) electrons. The van der Waals surface area contributed by atoms with E-state index in [1.165, 1.54) is 37.4 Å². The third-order valence-electron chi connectivity index (χ3n) is 1.88. The van der Waals surface area contributed by atoms with E-state index in [0.29, 0.717) is 0 Å².